The largest absolute Gasteiger partial charge is 0.508 e. The molecule has 0 saturated carbocycles. The number of nitro benzene ring substituents is 1. The first kappa shape index (κ1) is 19.0. The van der Waals surface area contributed by atoms with E-state index >= 15 is 0 Å². The average Bonchev–Trinajstić information content (AvgIpc) is 2.65. The fourth-order valence-electron chi connectivity index (χ4n) is 2.38. The second-order valence-electron chi connectivity index (χ2n) is 5.76. The van der Waals surface area contributed by atoms with Crippen LogP contribution in [-0.2, 0) is 10.0 Å². The number of benzene rings is 3. The Labute approximate surface area is 160 Å². The highest BCUT2D eigenvalue weighted by Crippen LogP contribution is 2.31. The predicted molar refractivity (Wildman–Crippen MR) is 103 cm³/mol. The minimum Gasteiger partial charge on any atom is -0.508 e. The first-order chi connectivity index (χ1) is 13.2. The molecule has 0 atom stereocenters. The molecule has 0 radical (unpaired) electrons. The third-order valence-electron chi connectivity index (χ3n) is 3.74. The van der Waals surface area contributed by atoms with Crippen LogP contribution >= 0.6 is 0 Å². The van der Waals surface area contributed by atoms with Gasteiger partial charge in [0, 0.05) is 17.4 Å². The van der Waals surface area contributed by atoms with Crippen molar-refractivity contribution in [1.29, 1.82) is 0 Å². The molecule has 144 valence electrons. The molecular weight excluding hydrogens is 386 g/mol. The highest BCUT2D eigenvalue weighted by atomic mass is 32.2. The van der Waals surface area contributed by atoms with Gasteiger partial charge in [0.2, 0.25) is 0 Å². The summed E-state index contributed by atoms with van der Waals surface area (Å²) in [5.41, 5.74) is 0.353. The zero-order chi connectivity index (χ0) is 20.3. The number of aromatic hydroxyl groups is 2. The molecule has 3 rings (SSSR count). The van der Waals surface area contributed by atoms with Gasteiger partial charge in [0.15, 0.2) is 0 Å². The van der Waals surface area contributed by atoms with E-state index in [4.69, 9.17) is 0 Å². The molecule has 0 fully saturated rings. The van der Waals surface area contributed by atoms with E-state index in [1.54, 1.807) is 0 Å². The van der Waals surface area contributed by atoms with Crippen LogP contribution in [0.4, 0.5) is 22.7 Å². The standard InChI is InChI=1S/C18H15N3O6S/c22-14-5-1-12(2-6-14)19-17-10-9-16(11-18(17)21(24)25)28(26,27)20-13-3-7-15(23)8-4-13/h1-11,19-20,22-23H. The van der Waals surface area contributed by atoms with Crippen LogP contribution in [-0.4, -0.2) is 23.6 Å². The lowest BCUT2D eigenvalue weighted by Gasteiger charge is -2.11. The summed E-state index contributed by atoms with van der Waals surface area (Å²) in [5.74, 6) is 0.0186. The van der Waals surface area contributed by atoms with Crippen LogP contribution in [0.5, 0.6) is 11.5 Å². The third-order valence-corrected chi connectivity index (χ3v) is 5.12. The SMILES string of the molecule is O=[N+]([O-])c1cc(S(=O)(=O)Nc2ccc(O)cc2)ccc1Nc1ccc(O)cc1. The lowest BCUT2D eigenvalue weighted by Crippen LogP contribution is -2.13. The molecule has 0 bridgehead atoms. The fourth-order valence-corrected chi connectivity index (χ4v) is 3.46. The van der Waals surface area contributed by atoms with Gasteiger partial charge < -0.3 is 15.5 Å². The monoisotopic (exact) mass is 401 g/mol. The molecule has 3 aromatic carbocycles. The number of hydrogen-bond acceptors (Lipinski definition) is 7. The number of phenols is 2. The molecule has 0 amide bonds. The molecule has 0 unspecified atom stereocenters. The number of phenolic OH excluding ortho intramolecular Hbond substituents is 2. The summed E-state index contributed by atoms with van der Waals surface area (Å²) in [5, 5.41) is 32.8. The van der Waals surface area contributed by atoms with Gasteiger partial charge in [-0.05, 0) is 60.7 Å². The molecule has 10 heteroatoms. The van der Waals surface area contributed by atoms with Crippen molar-refractivity contribution in [3.05, 3.63) is 76.8 Å². The molecule has 28 heavy (non-hydrogen) atoms. The van der Waals surface area contributed by atoms with Crippen molar-refractivity contribution >= 4 is 32.8 Å². The van der Waals surface area contributed by atoms with Crippen molar-refractivity contribution in [2.24, 2.45) is 0 Å². The van der Waals surface area contributed by atoms with Gasteiger partial charge in [0.05, 0.1) is 9.82 Å². The van der Waals surface area contributed by atoms with E-state index in [9.17, 15) is 28.7 Å². The molecule has 9 nitrogen and oxygen atoms in total. The third kappa shape index (κ3) is 4.30. The number of hydrogen-bond donors (Lipinski definition) is 4. The van der Waals surface area contributed by atoms with Gasteiger partial charge in [-0.1, -0.05) is 0 Å². The number of rotatable bonds is 6. The molecule has 4 N–H and O–H groups in total. The Morgan fingerprint density at radius 1 is 0.821 bits per heavy atom. The molecule has 0 aliphatic rings. The summed E-state index contributed by atoms with van der Waals surface area (Å²) in [6.45, 7) is 0. The van der Waals surface area contributed by atoms with Crippen molar-refractivity contribution < 1.29 is 23.6 Å². The highest BCUT2D eigenvalue weighted by molar-refractivity contribution is 7.92. The zero-order valence-corrected chi connectivity index (χ0v) is 15.1. The van der Waals surface area contributed by atoms with Crippen LogP contribution in [0.25, 0.3) is 0 Å². The van der Waals surface area contributed by atoms with Crippen molar-refractivity contribution in [3.63, 3.8) is 0 Å². The fraction of sp³-hybridized carbons (Fsp3) is 0. The van der Waals surface area contributed by atoms with E-state index in [1.807, 2.05) is 0 Å². The quantitative estimate of drug-likeness (QED) is 0.281. The normalized spacial score (nSPS) is 11.0. The predicted octanol–water partition coefficient (Wildman–Crippen LogP) is 3.55. The first-order valence-electron chi connectivity index (χ1n) is 7.91. The van der Waals surface area contributed by atoms with Crippen LogP contribution in [0.2, 0.25) is 0 Å². The van der Waals surface area contributed by atoms with Gasteiger partial charge in [0.25, 0.3) is 15.7 Å². The van der Waals surface area contributed by atoms with Crippen molar-refractivity contribution in [1.82, 2.24) is 0 Å². The molecule has 0 aliphatic carbocycles. The van der Waals surface area contributed by atoms with Crippen molar-refractivity contribution in [2.75, 3.05) is 10.0 Å². The van der Waals surface area contributed by atoms with Crippen LogP contribution in [0.1, 0.15) is 0 Å². The molecular formula is C18H15N3O6S. The number of nitrogens with zero attached hydrogens (tertiary/aromatic N) is 1. The maximum atomic E-state index is 12.5. The van der Waals surface area contributed by atoms with Crippen molar-refractivity contribution in [3.8, 4) is 11.5 Å². The van der Waals surface area contributed by atoms with Crippen LogP contribution in [0.15, 0.2) is 71.6 Å². The summed E-state index contributed by atoms with van der Waals surface area (Å²) < 4.78 is 27.3. The van der Waals surface area contributed by atoms with Gasteiger partial charge in [-0.15, -0.1) is 0 Å². The Morgan fingerprint density at radius 2 is 1.36 bits per heavy atom. The van der Waals surface area contributed by atoms with Gasteiger partial charge >= 0.3 is 0 Å². The first-order valence-corrected chi connectivity index (χ1v) is 9.39. The Kier molecular flexibility index (Phi) is 5.05. The van der Waals surface area contributed by atoms with Gasteiger partial charge in [-0.2, -0.15) is 0 Å². The topological polar surface area (TPSA) is 142 Å². The maximum absolute atomic E-state index is 12.5. The van der Waals surface area contributed by atoms with E-state index in [1.165, 1.54) is 60.7 Å². The Balaban J connectivity index is 1.92. The highest BCUT2D eigenvalue weighted by Gasteiger charge is 2.22. The number of nitro groups is 1. The minimum atomic E-state index is -4.07. The summed E-state index contributed by atoms with van der Waals surface area (Å²) in [4.78, 5) is 10.4. The zero-order valence-electron chi connectivity index (χ0n) is 14.2. The van der Waals surface area contributed by atoms with Crippen LogP contribution in [0, 0.1) is 10.1 Å². The maximum Gasteiger partial charge on any atom is 0.294 e. The number of nitrogens with one attached hydrogen (secondary N) is 2. The molecule has 0 spiro atoms. The van der Waals surface area contributed by atoms with Gasteiger partial charge in [-0.3, -0.25) is 14.8 Å². The summed E-state index contributed by atoms with van der Waals surface area (Å²) in [6, 6.07) is 14.7. The van der Waals surface area contributed by atoms with Crippen LogP contribution in [0.3, 0.4) is 0 Å². The van der Waals surface area contributed by atoms with E-state index in [0.717, 1.165) is 6.07 Å². The van der Waals surface area contributed by atoms with Gasteiger partial charge in [0.1, 0.15) is 17.2 Å². The Hall–Kier alpha value is -3.79. The van der Waals surface area contributed by atoms with E-state index in [0.29, 0.717) is 5.69 Å². The van der Waals surface area contributed by atoms with E-state index in [-0.39, 0.29) is 27.8 Å². The summed E-state index contributed by atoms with van der Waals surface area (Å²) in [7, 11) is -4.07. The number of anilines is 3. The lowest BCUT2D eigenvalue weighted by molar-refractivity contribution is -0.384. The smallest absolute Gasteiger partial charge is 0.294 e. The second-order valence-corrected chi connectivity index (χ2v) is 7.44. The van der Waals surface area contributed by atoms with E-state index < -0.39 is 20.6 Å². The molecule has 0 aromatic heterocycles. The van der Waals surface area contributed by atoms with Gasteiger partial charge in [-0.25, -0.2) is 8.42 Å². The minimum absolute atomic E-state index is 0.0248. The lowest BCUT2D eigenvalue weighted by atomic mass is 10.2. The molecule has 0 aliphatic heterocycles. The molecule has 0 heterocycles. The van der Waals surface area contributed by atoms with Crippen molar-refractivity contribution in [2.45, 2.75) is 4.90 Å². The summed E-state index contributed by atoms with van der Waals surface area (Å²) in [6.07, 6.45) is 0. The average molecular weight is 401 g/mol. The Bertz CT molecular complexity index is 1110. The second kappa shape index (κ2) is 7.45. The number of sulfonamides is 1. The molecule has 0 saturated heterocycles. The summed E-state index contributed by atoms with van der Waals surface area (Å²) >= 11 is 0. The van der Waals surface area contributed by atoms with E-state index in [2.05, 4.69) is 10.0 Å². The van der Waals surface area contributed by atoms with Crippen LogP contribution < -0.4 is 10.0 Å². The molecule has 3 aromatic rings. The Morgan fingerprint density at radius 3 is 1.89 bits per heavy atom.